The standard InChI is InChI=1S/C33H48O6/c1-30(2)18-22(26(34)24(20-30)14-10-16-32(5,6)28(36)37)12-9-13-23-19-31(3,4)21-25(27(23)35)15-11-17-33(7,8)29(38)39/h18-21H,9-17H2,1-8H3,(H,36,37)(H,38,39). The molecule has 2 aliphatic carbocycles. The Morgan fingerprint density at radius 1 is 0.590 bits per heavy atom. The molecule has 2 N–H and O–H groups in total. The fraction of sp³-hybridized carbons (Fsp3) is 0.636. The molecule has 0 aliphatic heterocycles. The minimum absolute atomic E-state index is 0.0355. The molecule has 0 aromatic carbocycles. The molecule has 2 aliphatic rings. The van der Waals surface area contributed by atoms with Crippen LogP contribution in [-0.4, -0.2) is 33.7 Å². The van der Waals surface area contributed by atoms with Gasteiger partial charge in [0, 0.05) is 10.8 Å². The Morgan fingerprint density at radius 2 is 0.846 bits per heavy atom. The monoisotopic (exact) mass is 540 g/mol. The first-order chi connectivity index (χ1) is 17.8. The van der Waals surface area contributed by atoms with Crippen molar-refractivity contribution >= 4 is 23.5 Å². The molecule has 0 atom stereocenters. The van der Waals surface area contributed by atoms with Gasteiger partial charge in [0.05, 0.1) is 10.8 Å². The summed E-state index contributed by atoms with van der Waals surface area (Å²) in [7, 11) is 0. The zero-order chi connectivity index (χ0) is 29.8. The maximum atomic E-state index is 13.3. The van der Waals surface area contributed by atoms with E-state index >= 15 is 0 Å². The number of allylic oxidation sites excluding steroid dienone is 8. The Morgan fingerprint density at radius 3 is 1.10 bits per heavy atom. The lowest BCUT2D eigenvalue weighted by Gasteiger charge is -2.27. The van der Waals surface area contributed by atoms with E-state index in [0.29, 0.717) is 57.8 Å². The summed E-state index contributed by atoms with van der Waals surface area (Å²) in [4.78, 5) is 49.4. The predicted molar refractivity (Wildman–Crippen MR) is 154 cm³/mol. The highest BCUT2D eigenvalue weighted by molar-refractivity contribution is 6.10. The predicted octanol–water partition coefficient (Wildman–Crippen LogP) is 7.64. The number of carboxylic acids is 2. The maximum Gasteiger partial charge on any atom is 0.309 e. The molecule has 0 saturated heterocycles. The second-order valence-electron chi connectivity index (χ2n) is 13.9. The summed E-state index contributed by atoms with van der Waals surface area (Å²) in [6.07, 6.45) is 13.3. The number of aliphatic carboxylic acids is 2. The first kappa shape index (κ1) is 32.5. The van der Waals surface area contributed by atoms with Crippen LogP contribution in [0.2, 0.25) is 0 Å². The van der Waals surface area contributed by atoms with E-state index in [9.17, 15) is 29.4 Å². The maximum absolute atomic E-state index is 13.3. The molecule has 0 unspecified atom stereocenters. The Balaban J connectivity index is 2.00. The van der Waals surface area contributed by atoms with Gasteiger partial charge in [0.25, 0.3) is 0 Å². The van der Waals surface area contributed by atoms with Gasteiger partial charge in [-0.25, -0.2) is 0 Å². The smallest absolute Gasteiger partial charge is 0.309 e. The zero-order valence-corrected chi connectivity index (χ0v) is 25.2. The van der Waals surface area contributed by atoms with Gasteiger partial charge in [-0.15, -0.1) is 0 Å². The summed E-state index contributed by atoms with van der Waals surface area (Å²) >= 11 is 0. The lowest BCUT2D eigenvalue weighted by atomic mass is 9.76. The van der Waals surface area contributed by atoms with Gasteiger partial charge in [-0.2, -0.15) is 0 Å². The summed E-state index contributed by atoms with van der Waals surface area (Å²) in [5.74, 6) is -1.59. The highest BCUT2D eigenvalue weighted by Crippen LogP contribution is 2.37. The third-order valence-corrected chi connectivity index (χ3v) is 7.90. The molecule has 0 fully saturated rings. The van der Waals surface area contributed by atoms with Gasteiger partial charge in [-0.05, 0) is 108 Å². The minimum atomic E-state index is -0.829. The summed E-state index contributed by atoms with van der Waals surface area (Å²) in [5, 5.41) is 18.8. The van der Waals surface area contributed by atoms with Crippen molar-refractivity contribution in [3.8, 4) is 0 Å². The van der Waals surface area contributed by atoms with E-state index in [0.717, 1.165) is 22.3 Å². The third-order valence-electron chi connectivity index (χ3n) is 7.90. The number of carbonyl (C=O) groups excluding carboxylic acids is 2. The normalized spacial score (nSPS) is 19.2. The third kappa shape index (κ3) is 9.15. The molecule has 6 nitrogen and oxygen atoms in total. The van der Waals surface area contributed by atoms with E-state index < -0.39 is 22.8 Å². The summed E-state index contributed by atoms with van der Waals surface area (Å²) in [6, 6.07) is 0. The highest BCUT2D eigenvalue weighted by atomic mass is 16.4. The molecule has 0 aromatic heterocycles. The summed E-state index contributed by atoms with van der Waals surface area (Å²) in [6.45, 7) is 15.1. The number of rotatable bonds is 14. The molecule has 0 bridgehead atoms. The summed E-state index contributed by atoms with van der Waals surface area (Å²) < 4.78 is 0. The second kappa shape index (κ2) is 12.2. The van der Waals surface area contributed by atoms with Crippen LogP contribution in [0.15, 0.2) is 46.6 Å². The van der Waals surface area contributed by atoms with Gasteiger partial charge < -0.3 is 10.2 Å². The van der Waals surface area contributed by atoms with Crippen LogP contribution in [0.25, 0.3) is 0 Å². The molecule has 0 saturated carbocycles. The number of hydrogen-bond acceptors (Lipinski definition) is 4. The molecule has 0 amide bonds. The van der Waals surface area contributed by atoms with Crippen molar-refractivity contribution in [2.24, 2.45) is 21.7 Å². The van der Waals surface area contributed by atoms with Crippen molar-refractivity contribution in [2.75, 3.05) is 0 Å². The SMILES string of the molecule is CC1(C)C=C(CCCC2=CC(C)(C)C=C(CCCC(C)(C)C(=O)O)C2=O)C(=O)C(CCCC(C)(C)C(=O)O)=C1. The van der Waals surface area contributed by atoms with Gasteiger partial charge in [0.2, 0.25) is 0 Å². The molecule has 39 heavy (non-hydrogen) atoms. The topological polar surface area (TPSA) is 109 Å². The number of carbonyl (C=O) groups is 4. The lowest BCUT2D eigenvalue weighted by Crippen LogP contribution is -2.24. The average Bonchev–Trinajstić information content (AvgIpc) is 2.78. The van der Waals surface area contributed by atoms with Crippen LogP contribution in [0.3, 0.4) is 0 Å². The molecule has 2 rings (SSSR count). The Bertz CT molecular complexity index is 1030. The molecule has 0 heterocycles. The van der Waals surface area contributed by atoms with Gasteiger partial charge >= 0.3 is 11.9 Å². The van der Waals surface area contributed by atoms with Crippen molar-refractivity contribution in [2.45, 2.75) is 113 Å². The van der Waals surface area contributed by atoms with Gasteiger partial charge in [0.15, 0.2) is 11.6 Å². The number of carboxylic acid groups (broad SMARTS) is 2. The van der Waals surface area contributed by atoms with E-state index in [4.69, 9.17) is 0 Å². The number of ketones is 2. The molecular formula is C33H48O6. The van der Waals surface area contributed by atoms with Gasteiger partial charge in [0.1, 0.15) is 0 Å². The van der Waals surface area contributed by atoms with E-state index in [1.54, 1.807) is 27.7 Å². The van der Waals surface area contributed by atoms with Crippen LogP contribution in [0, 0.1) is 21.7 Å². The second-order valence-corrected chi connectivity index (χ2v) is 13.9. The molecular weight excluding hydrogens is 492 g/mol. The van der Waals surface area contributed by atoms with E-state index in [1.165, 1.54) is 0 Å². The quantitative estimate of drug-likeness (QED) is 0.234. The van der Waals surface area contributed by atoms with E-state index in [2.05, 4.69) is 27.7 Å². The fourth-order valence-corrected chi connectivity index (χ4v) is 5.42. The zero-order valence-electron chi connectivity index (χ0n) is 25.2. The highest BCUT2D eigenvalue weighted by Gasteiger charge is 2.31. The Hall–Kier alpha value is -2.76. The molecule has 0 spiro atoms. The van der Waals surface area contributed by atoms with Crippen LogP contribution in [0.1, 0.15) is 113 Å². The van der Waals surface area contributed by atoms with Crippen molar-refractivity contribution in [3.63, 3.8) is 0 Å². The minimum Gasteiger partial charge on any atom is -0.481 e. The Labute approximate surface area is 234 Å². The largest absolute Gasteiger partial charge is 0.481 e. The average molecular weight is 541 g/mol. The molecule has 216 valence electrons. The van der Waals surface area contributed by atoms with Crippen LogP contribution in [0.4, 0.5) is 0 Å². The van der Waals surface area contributed by atoms with Gasteiger partial charge in [-0.1, -0.05) is 52.0 Å². The molecule has 6 heteroatoms. The van der Waals surface area contributed by atoms with E-state index in [-0.39, 0.29) is 22.4 Å². The van der Waals surface area contributed by atoms with Crippen molar-refractivity contribution < 1.29 is 29.4 Å². The van der Waals surface area contributed by atoms with E-state index in [1.807, 2.05) is 24.3 Å². The van der Waals surface area contributed by atoms with Crippen LogP contribution >= 0.6 is 0 Å². The van der Waals surface area contributed by atoms with Crippen molar-refractivity contribution in [3.05, 3.63) is 46.6 Å². The fourth-order valence-electron chi connectivity index (χ4n) is 5.42. The lowest BCUT2D eigenvalue weighted by molar-refractivity contribution is -0.148. The first-order valence-electron chi connectivity index (χ1n) is 14.2. The van der Waals surface area contributed by atoms with Crippen LogP contribution < -0.4 is 0 Å². The van der Waals surface area contributed by atoms with Crippen LogP contribution in [-0.2, 0) is 19.2 Å². The summed E-state index contributed by atoms with van der Waals surface area (Å²) in [5.41, 5.74) is 0.880. The van der Waals surface area contributed by atoms with Crippen molar-refractivity contribution in [1.82, 2.24) is 0 Å². The van der Waals surface area contributed by atoms with Gasteiger partial charge in [-0.3, -0.25) is 19.2 Å². The molecule has 0 aromatic rings. The number of hydrogen-bond donors (Lipinski definition) is 2. The number of Topliss-reactive ketones (excluding diaryl/α,β-unsaturated/α-hetero) is 2. The first-order valence-corrected chi connectivity index (χ1v) is 14.2. The Kier molecular flexibility index (Phi) is 10.1. The van der Waals surface area contributed by atoms with Crippen LogP contribution in [0.5, 0.6) is 0 Å². The molecule has 0 radical (unpaired) electrons. The van der Waals surface area contributed by atoms with Crippen molar-refractivity contribution in [1.29, 1.82) is 0 Å².